The molecule has 7 heteroatoms. The highest BCUT2D eigenvalue weighted by molar-refractivity contribution is 7.18. The number of rotatable bonds is 4. The molecule has 1 aromatic carbocycles. The van der Waals surface area contributed by atoms with Gasteiger partial charge in [-0.15, -0.1) is 10.2 Å². The monoisotopic (exact) mass is 287 g/mol. The third-order valence-corrected chi connectivity index (χ3v) is 3.43. The smallest absolute Gasteiger partial charge is 0.240 e. The van der Waals surface area contributed by atoms with Crippen LogP contribution >= 0.6 is 11.3 Å². The Hall–Kier alpha value is -2.46. The van der Waals surface area contributed by atoms with Crippen LogP contribution in [-0.2, 0) is 4.79 Å². The standard InChI is InChI=1S/C13H13N5OS/c1-18(2)10-5-3-9(4-6-10)12-16-17-13(20-12)15-11(19)7-8-14/h3-6H,7H2,1-2H3,(H,15,17,19). The van der Waals surface area contributed by atoms with Crippen molar-refractivity contribution in [3.63, 3.8) is 0 Å². The molecule has 1 heterocycles. The van der Waals surface area contributed by atoms with Crippen molar-refractivity contribution >= 4 is 28.1 Å². The number of anilines is 2. The average molecular weight is 287 g/mol. The maximum atomic E-state index is 11.3. The van der Waals surface area contributed by atoms with Gasteiger partial charge in [0.2, 0.25) is 11.0 Å². The van der Waals surface area contributed by atoms with E-state index in [0.29, 0.717) is 5.13 Å². The Morgan fingerprint density at radius 3 is 2.65 bits per heavy atom. The maximum Gasteiger partial charge on any atom is 0.240 e. The molecular formula is C13H13N5OS. The van der Waals surface area contributed by atoms with Crippen LogP contribution in [-0.4, -0.2) is 30.2 Å². The summed E-state index contributed by atoms with van der Waals surface area (Å²) in [6, 6.07) is 9.67. The Morgan fingerprint density at radius 2 is 2.05 bits per heavy atom. The van der Waals surface area contributed by atoms with Crippen LogP contribution < -0.4 is 10.2 Å². The highest BCUT2D eigenvalue weighted by Gasteiger charge is 2.09. The molecule has 0 saturated carbocycles. The molecule has 0 radical (unpaired) electrons. The first-order valence-corrected chi connectivity index (χ1v) is 6.70. The number of nitriles is 1. The first-order valence-electron chi connectivity index (χ1n) is 5.88. The van der Waals surface area contributed by atoms with Crippen LogP contribution in [0.4, 0.5) is 10.8 Å². The second kappa shape index (κ2) is 6.12. The molecule has 2 aromatic rings. The third kappa shape index (κ3) is 3.30. The van der Waals surface area contributed by atoms with Crippen molar-refractivity contribution in [3.05, 3.63) is 24.3 Å². The van der Waals surface area contributed by atoms with Crippen molar-refractivity contribution in [3.8, 4) is 16.6 Å². The van der Waals surface area contributed by atoms with E-state index in [9.17, 15) is 4.79 Å². The maximum absolute atomic E-state index is 11.3. The summed E-state index contributed by atoms with van der Waals surface area (Å²) in [5.41, 5.74) is 2.04. The Morgan fingerprint density at radius 1 is 1.35 bits per heavy atom. The van der Waals surface area contributed by atoms with E-state index in [2.05, 4.69) is 15.5 Å². The summed E-state index contributed by atoms with van der Waals surface area (Å²) in [6.07, 6.45) is -0.188. The summed E-state index contributed by atoms with van der Waals surface area (Å²) in [6.45, 7) is 0. The molecule has 0 aliphatic carbocycles. The minimum atomic E-state index is -0.377. The molecule has 1 N–H and O–H groups in total. The van der Waals surface area contributed by atoms with Crippen LogP contribution in [0.5, 0.6) is 0 Å². The summed E-state index contributed by atoms with van der Waals surface area (Å²) < 4.78 is 0. The summed E-state index contributed by atoms with van der Waals surface area (Å²) in [5.74, 6) is -0.377. The van der Waals surface area contributed by atoms with Gasteiger partial charge in [0.25, 0.3) is 0 Å². The molecule has 1 aromatic heterocycles. The molecule has 0 aliphatic heterocycles. The van der Waals surface area contributed by atoms with Crippen LogP contribution in [0.2, 0.25) is 0 Å². The SMILES string of the molecule is CN(C)c1ccc(-c2nnc(NC(=O)CC#N)s2)cc1. The normalized spacial score (nSPS) is 9.85. The van der Waals surface area contributed by atoms with Gasteiger partial charge >= 0.3 is 0 Å². The van der Waals surface area contributed by atoms with E-state index >= 15 is 0 Å². The number of carbonyl (C=O) groups is 1. The Bertz CT molecular complexity index is 642. The summed E-state index contributed by atoms with van der Waals surface area (Å²) in [4.78, 5) is 13.3. The molecule has 0 bridgehead atoms. The molecule has 20 heavy (non-hydrogen) atoms. The lowest BCUT2D eigenvalue weighted by molar-refractivity contribution is -0.115. The van der Waals surface area contributed by atoms with Crippen LogP contribution in [0, 0.1) is 11.3 Å². The number of nitrogens with one attached hydrogen (secondary N) is 1. The molecule has 0 aliphatic rings. The third-order valence-electron chi connectivity index (χ3n) is 2.54. The summed E-state index contributed by atoms with van der Waals surface area (Å²) in [7, 11) is 3.95. The zero-order valence-electron chi connectivity index (χ0n) is 11.1. The summed E-state index contributed by atoms with van der Waals surface area (Å²) >= 11 is 1.28. The van der Waals surface area contributed by atoms with Crippen LogP contribution in [0.1, 0.15) is 6.42 Å². The van der Waals surface area contributed by atoms with E-state index < -0.39 is 0 Å². The fourth-order valence-electron chi connectivity index (χ4n) is 1.53. The molecule has 0 unspecified atom stereocenters. The number of aromatic nitrogens is 2. The van der Waals surface area contributed by atoms with Crippen molar-refractivity contribution in [2.75, 3.05) is 24.3 Å². The van der Waals surface area contributed by atoms with Crippen molar-refractivity contribution in [1.82, 2.24) is 10.2 Å². The number of nitrogens with zero attached hydrogens (tertiary/aromatic N) is 4. The largest absolute Gasteiger partial charge is 0.378 e. The quantitative estimate of drug-likeness (QED) is 0.931. The Labute approximate surface area is 120 Å². The second-order valence-corrected chi connectivity index (χ2v) is 5.21. The lowest BCUT2D eigenvalue weighted by Crippen LogP contribution is -2.09. The Kier molecular flexibility index (Phi) is 4.27. The molecule has 0 fully saturated rings. The average Bonchev–Trinajstić information content (AvgIpc) is 2.87. The van der Waals surface area contributed by atoms with E-state index in [1.54, 1.807) is 6.07 Å². The highest BCUT2D eigenvalue weighted by atomic mass is 32.1. The first kappa shape index (κ1) is 14.0. The molecule has 1 amide bonds. The van der Waals surface area contributed by atoms with Gasteiger partial charge in [-0.3, -0.25) is 10.1 Å². The Balaban J connectivity index is 2.12. The lowest BCUT2D eigenvalue weighted by atomic mass is 10.2. The second-order valence-electron chi connectivity index (χ2n) is 4.24. The van der Waals surface area contributed by atoms with Crippen molar-refractivity contribution < 1.29 is 4.79 Å². The van der Waals surface area contributed by atoms with Crippen molar-refractivity contribution in [1.29, 1.82) is 5.26 Å². The molecule has 0 saturated heterocycles. The lowest BCUT2D eigenvalue weighted by Gasteiger charge is -2.11. The van der Waals surface area contributed by atoms with Gasteiger partial charge in [-0.1, -0.05) is 11.3 Å². The summed E-state index contributed by atoms with van der Waals surface area (Å²) in [5, 5.41) is 20.0. The number of amides is 1. The van der Waals surface area contributed by atoms with Gasteiger partial charge in [0.05, 0.1) is 6.07 Å². The fourth-order valence-corrected chi connectivity index (χ4v) is 2.29. The molecule has 6 nitrogen and oxygen atoms in total. The number of benzene rings is 1. The molecule has 0 spiro atoms. The van der Waals surface area contributed by atoms with E-state index in [-0.39, 0.29) is 12.3 Å². The van der Waals surface area contributed by atoms with Crippen LogP contribution in [0.15, 0.2) is 24.3 Å². The molecule has 2 rings (SSSR count). The van der Waals surface area contributed by atoms with Gasteiger partial charge < -0.3 is 4.90 Å². The molecule has 102 valence electrons. The van der Waals surface area contributed by atoms with E-state index in [4.69, 9.17) is 5.26 Å². The van der Waals surface area contributed by atoms with E-state index in [1.165, 1.54) is 11.3 Å². The fraction of sp³-hybridized carbons (Fsp3) is 0.231. The minimum absolute atomic E-state index is 0.188. The van der Waals surface area contributed by atoms with E-state index in [1.807, 2.05) is 43.3 Å². The topological polar surface area (TPSA) is 81.9 Å². The highest BCUT2D eigenvalue weighted by Crippen LogP contribution is 2.27. The van der Waals surface area contributed by atoms with Gasteiger partial charge in [-0.05, 0) is 24.3 Å². The number of carbonyl (C=O) groups excluding carboxylic acids is 1. The number of hydrogen-bond acceptors (Lipinski definition) is 6. The van der Waals surface area contributed by atoms with Crippen LogP contribution in [0.25, 0.3) is 10.6 Å². The molecular weight excluding hydrogens is 274 g/mol. The van der Waals surface area contributed by atoms with Crippen molar-refractivity contribution in [2.45, 2.75) is 6.42 Å². The minimum Gasteiger partial charge on any atom is -0.378 e. The van der Waals surface area contributed by atoms with Gasteiger partial charge in [0.15, 0.2) is 0 Å². The zero-order valence-corrected chi connectivity index (χ0v) is 11.9. The predicted molar refractivity (Wildman–Crippen MR) is 78.5 cm³/mol. The van der Waals surface area contributed by atoms with Gasteiger partial charge in [-0.2, -0.15) is 5.26 Å². The van der Waals surface area contributed by atoms with Gasteiger partial charge in [-0.25, -0.2) is 0 Å². The van der Waals surface area contributed by atoms with Crippen molar-refractivity contribution in [2.24, 2.45) is 0 Å². The molecule has 0 atom stereocenters. The predicted octanol–water partition coefficient (Wildman–Crippen LogP) is 2.12. The first-order chi connectivity index (χ1) is 9.60. The van der Waals surface area contributed by atoms with Gasteiger partial charge in [0.1, 0.15) is 11.4 Å². The number of hydrogen-bond donors (Lipinski definition) is 1. The van der Waals surface area contributed by atoms with Crippen LogP contribution in [0.3, 0.4) is 0 Å². The van der Waals surface area contributed by atoms with Gasteiger partial charge in [0, 0.05) is 25.3 Å². The van der Waals surface area contributed by atoms with E-state index in [0.717, 1.165) is 16.3 Å². The zero-order chi connectivity index (χ0) is 14.5.